The van der Waals surface area contributed by atoms with Crippen LogP contribution < -0.4 is 0 Å². The Morgan fingerprint density at radius 3 is 1.04 bits per heavy atom. The van der Waals surface area contributed by atoms with Crippen LogP contribution in [0.15, 0.2) is 0 Å². The van der Waals surface area contributed by atoms with Crippen molar-refractivity contribution in [2.24, 2.45) is 0 Å². The summed E-state index contributed by atoms with van der Waals surface area (Å²) < 4.78 is 0. The molecule has 0 aromatic carbocycles. The second-order valence-electron chi connectivity index (χ2n) is 10.0. The van der Waals surface area contributed by atoms with E-state index >= 15 is 0 Å². The molecular weight excluding hydrogens is 384 g/mol. The largest absolute Gasteiger partial charge is 0.304 e. The van der Waals surface area contributed by atoms with Crippen molar-refractivity contribution in [1.29, 1.82) is 0 Å². The molecular formula is C22H50N4S2. The third kappa shape index (κ3) is 15.4. The molecule has 0 spiro atoms. The Morgan fingerprint density at radius 2 is 0.750 bits per heavy atom. The molecule has 0 aliphatic rings. The summed E-state index contributed by atoms with van der Waals surface area (Å²) in [7, 11) is 8.97. The fourth-order valence-electron chi connectivity index (χ4n) is 2.28. The number of nitrogens with zero attached hydrogens (tertiary/aromatic N) is 4. The average Bonchev–Trinajstić information content (AvgIpc) is 2.57. The molecule has 0 bridgehead atoms. The first-order valence-corrected chi connectivity index (χ1v) is 13.1. The van der Waals surface area contributed by atoms with Crippen molar-refractivity contribution >= 4 is 23.5 Å². The van der Waals surface area contributed by atoms with Crippen LogP contribution in [0.1, 0.15) is 41.5 Å². The van der Waals surface area contributed by atoms with Crippen molar-refractivity contribution in [2.75, 3.05) is 90.5 Å². The van der Waals surface area contributed by atoms with Gasteiger partial charge in [-0.2, -0.15) is 23.5 Å². The lowest BCUT2D eigenvalue weighted by atomic mass is 10.1. The van der Waals surface area contributed by atoms with Gasteiger partial charge in [-0.05, 0) is 69.7 Å². The summed E-state index contributed by atoms with van der Waals surface area (Å²) in [6, 6.07) is 0. The van der Waals surface area contributed by atoms with Gasteiger partial charge in [-0.25, -0.2) is 0 Å². The SMILES string of the molecule is CN(CCSCCN(C)C(C)(C)C)CCN(C)CCSCCN(C)C(C)(C)C. The van der Waals surface area contributed by atoms with Gasteiger partial charge in [-0.15, -0.1) is 0 Å². The van der Waals surface area contributed by atoms with E-state index in [9.17, 15) is 0 Å². The zero-order valence-electron chi connectivity index (χ0n) is 20.7. The average molecular weight is 435 g/mol. The molecule has 0 amide bonds. The maximum atomic E-state index is 2.47. The minimum Gasteiger partial charge on any atom is -0.304 e. The molecule has 0 rings (SSSR count). The van der Waals surface area contributed by atoms with Crippen molar-refractivity contribution in [1.82, 2.24) is 19.6 Å². The van der Waals surface area contributed by atoms with Gasteiger partial charge in [-0.1, -0.05) is 0 Å². The second kappa shape index (κ2) is 14.5. The van der Waals surface area contributed by atoms with Crippen LogP contribution >= 0.6 is 23.5 Å². The highest BCUT2D eigenvalue weighted by Crippen LogP contribution is 2.12. The molecule has 6 heteroatoms. The Kier molecular flexibility index (Phi) is 14.8. The van der Waals surface area contributed by atoms with Gasteiger partial charge in [0.25, 0.3) is 0 Å². The van der Waals surface area contributed by atoms with E-state index in [1.54, 1.807) is 0 Å². The summed E-state index contributed by atoms with van der Waals surface area (Å²) in [6.45, 7) is 20.7. The highest BCUT2D eigenvalue weighted by atomic mass is 32.2. The fourth-order valence-corrected chi connectivity index (χ4v) is 4.38. The third-order valence-electron chi connectivity index (χ3n) is 5.53. The van der Waals surface area contributed by atoms with Crippen LogP contribution in [-0.4, -0.2) is 121 Å². The van der Waals surface area contributed by atoms with E-state index in [-0.39, 0.29) is 11.1 Å². The monoisotopic (exact) mass is 434 g/mol. The van der Waals surface area contributed by atoms with E-state index in [0.29, 0.717) is 0 Å². The van der Waals surface area contributed by atoms with E-state index in [4.69, 9.17) is 0 Å². The van der Waals surface area contributed by atoms with E-state index in [1.807, 2.05) is 0 Å². The normalized spacial score (nSPS) is 13.5. The molecule has 0 N–H and O–H groups in total. The Labute approximate surface area is 186 Å². The third-order valence-corrected chi connectivity index (χ3v) is 7.42. The molecule has 170 valence electrons. The molecule has 0 unspecified atom stereocenters. The van der Waals surface area contributed by atoms with Gasteiger partial charge >= 0.3 is 0 Å². The first-order chi connectivity index (χ1) is 12.8. The number of rotatable bonds is 15. The van der Waals surface area contributed by atoms with Gasteiger partial charge in [0, 0.05) is 73.4 Å². The summed E-state index contributed by atoms with van der Waals surface area (Å²) in [6.07, 6.45) is 0. The predicted octanol–water partition coefficient (Wildman–Crippen LogP) is 3.78. The molecule has 0 heterocycles. The summed E-state index contributed by atoms with van der Waals surface area (Å²) in [5.74, 6) is 4.91. The van der Waals surface area contributed by atoms with Crippen molar-refractivity contribution < 1.29 is 0 Å². The molecule has 0 radical (unpaired) electrons. The number of hydrogen-bond donors (Lipinski definition) is 0. The maximum absolute atomic E-state index is 2.47. The Bertz CT molecular complexity index is 344. The molecule has 0 aliphatic heterocycles. The van der Waals surface area contributed by atoms with Crippen molar-refractivity contribution in [3.8, 4) is 0 Å². The lowest BCUT2D eigenvalue weighted by Crippen LogP contribution is -2.39. The van der Waals surface area contributed by atoms with E-state index in [1.165, 1.54) is 49.2 Å². The van der Waals surface area contributed by atoms with Crippen LogP contribution in [0.4, 0.5) is 0 Å². The lowest BCUT2D eigenvalue weighted by molar-refractivity contribution is 0.187. The maximum Gasteiger partial charge on any atom is 0.0122 e. The van der Waals surface area contributed by atoms with E-state index < -0.39 is 0 Å². The summed E-state index contributed by atoms with van der Waals surface area (Å²) in [4.78, 5) is 9.83. The quantitative estimate of drug-likeness (QED) is 0.361. The smallest absolute Gasteiger partial charge is 0.0122 e. The van der Waals surface area contributed by atoms with Crippen LogP contribution in [0.2, 0.25) is 0 Å². The number of likely N-dealkylation sites (N-methyl/N-ethyl adjacent to an activating group) is 2. The zero-order chi connectivity index (χ0) is 21.8. The van der Waals surface area contributed by atoms with Crippen LogP contribution in [0, 0.1) is 0 Å². The Balaban J connectivity index is 3.62. The van der Waals surface area contributed by atoms with Crippen molar-refractivity contribution in [3.63, 3.8) is 0 Å². The zero-order valence-corrected chi connectivity index (χ0v) is 22.3. The predicted molar refractivity (Wildman–Crippen MR) is 134 cm³/mol. The highest BCUT2D eigenvalue weighted by molar-refractivity contribution is 7.99. The van der Waals surface area contributed by atoms with Crippen LogP contribution in [0.3, 0.4) is 0 Å². The van der Waals surface area contributed by atoms with Crippen molar-refractivity contribution in [2.45, 2.75) is 52.6 Å². The lowest BCUT2D eigenvalue weighted by Gasteiger charge is -2.31. The standard InChI is InChI=1S/C22H50N4S2/c1-21(2,3)25(9)15-19-27-17-13-23(7)11-12-24(8)14-18-28-20-16-26(10)22(4,5)6/h11-20H2,1-10H3. The van der Waals surface area contributed by atoms with Gasteiger partial charge in [0.2, 0.25) is 0 Å². The number of hydrogen-bond acceptors (Lipinski definition) is 6. The topological polar surface area (TPSA) is 13.0 Å². The molecule has 0 aromatic rings. The molecule has 0 fully saturated rings. The van der Waals surface area contributed by atoms with E-state index in [0.717, 1.165) is 13.1 Å². The van der Waals surface area contributed by atoms with Gasteiger partial charge in [0.1, 0.15) is 0 Å². The highest BCUT2D eigenvalue weighted by Gasteiger charge is 2.16. The van der Waals surface area contributed by atoms with Gasteiger partial charge in [0.15, 0.2) is 0 Å². The summed E-state index contributed by atoms with van der Waals surface area (Å²) in [5, 5.41) is 0. The minimum atomic E-state index is 0.280. The van der Waals surface area contributed by atoms with Crippen LogP contribution in [-0.2, 0) is 0 Å². The number of thioether (sulfide) groups is 2. The molecule has 4 nitrogen and oxygen atoms in total. The van der Waals surface area contributed by atoms with Gasteiger partial charge < -0.3 is 19.6 Å². The first-order valence-electron chi connectivity index (χ1n) is 10.8. The van der Waals surface area contributed by atoms with Crippen LogP contribution in [0.25, 0.3) is 0 Å². The Morgan fingerprint density at radius 1 is 0.464 bits per heavy atom. The second-order valence-corrected chi connectivity index (χ2v) is 12.5. The fraction of sp³-hybridized carbons (Fsp3) is 1.00. The molecule has 0 saturated carbocycles. The molecule has 28 heavy (non-hydrogen) atoms. The van der Waals surface area contributed by atoms with E-state index in [2.05, 4.69) is 113 Å². The minimum absolute atomic E-state index is 0.280. The molecule has 0 aromatic heterocycles. The summed E-state index contributed by atoms with van der Waals surface area (Å²) in [5.41, 5.74) is 0.561. The molecule has 0 atom stereocenters. The Hall–Kier alpha value is 0.540. The molecule has 0 saturated heterocycles. The summed E-state index contributed by atoms with van der Waals surface area (Å²) >= 11 is 4.16. The molecule has 0 aliphatic carbocycles. The van der Waals surface area contributed by atoms with Gasteiger partial charge in [-0.3, -0.25) is 0 Å². The van der Waals surface area contributed by atoms with Crippen LogP contribution in [0.5, 0.6) is 0 Å². The van der Waals surface area contributed by atoms with Gasteiger partial charge in [0.05, 0.1) is 0 Å². The first kappa shape index (κ1) is 28.5. The van der Waals surface area contributed by atoms with Crippen molar-refractivity contribution in [3.05, 3.63) is 0 Å².